The number of aliphatic hydroxyl groups excluding tert-OH is 1. The van der Waals surface area contributed by atoms with Crippen molar-refractivity contribution in [2.45, 2.75) is 31.5 Å². The van der Waals surface area contributed by atoms with E-state index in [4.69, 9.17) is 10.5 Å². The molecule has 0 aliphatic heterocycles. The van der Waals surface area contributed by atoms with Crippen molar-refractivity contribution in [2.24, 2.45) is 5.73 Å². The smallest absolute Gasteiger partial charge is 0.320 e. The van der Waals surface area contributed by atoms with E-state index in [0.717, 1.165) is 19.3 Å². The molecule has 1 rings (SSSR count). The van der Waals surface area contributed by atoms with Crippen LogP contribution in [-0.4, -0.2) is 29.8 Å². The van der Waals surface area contributed by atoms with E-state index in [-0.39, 0.29) is 12.6 Å². The third-order valence-electron chi connectivity index (χ3n) is 1.87. The SMILES string of the molecule is NCC(=O)O[C@H]1CCC[C@@H]1O. The van der Waals surface area contributed by atoms with Crippen LogP contribution in [0.3, 0.4) is 0 Å². The van der Waals surface area contributed by atoms with Crippen molar-refractivity contribution < 1.29 is 14.6 Å². The first-order valence-electron chi connectivity index (χ1n) is 3.81. The molecular formula is C7H13NO3. The molecule has 1 fully saturated rings. The fraction of sp³-hybridized carbons (Fsp3) is 0.857. The van der Waals surface area contributed by atoms with Crippen LogP contribution in [-0.2, 0) is 9.53 Å². The highest BCUT2D eigenvalue weighted by atomic mass is 16.6. The van der Waals surface area contributed by atoms with Crippen LogP contribution in [0.25, 0.3) is 0 Å². The second-order valence-corrected chi connectivity index (χ2v) is 2.73. The minimum Gasteiger partial charge on any atom is -0.459 e. The molecule has 0 amide bonds. The Labute approximate surface area is 65.3 Å². The Bertz CT molecular complexity index is 149. The molecule has 0 spiro atoms. The molecule has 0 aromatic heterocycles. The lowest BCUT2D eigenvalue weighted by Crippen LogP contribution is -2.29. The van der Waals surface area contributed by atoms with Gasteiger partial charge in [0.05, 0.1) is 12.6 Å². The summed E-state index contributed by atoms with van der Waals surface area (Å²) in [6, 6.07) is 0. The van der Waals surface area contributed by atoms with Crippen molar-refractivity contribution in [1.29, 1.82) is 0 Å². The molecule has 1 aliphatic carbocycles. The predicted molar refractivity (Wildman–Crippen MR) is 38.8 cm³/mol. The first-order chi connectivity index (χ1) is 5.24. The Morgan fingerprint density at radius 3 is 2.82 bits per heavy atom. The molecule has 0 heterocycles. The molecule has 0 unspecified atom stereocenters. The zero-order chi connectivity index (χ0) is 8.27. The van der Waals surface area contributed by atoms with Gasteiger partial charge in [-0.15, -0.1) is 0 Å². The maximum Gasteiger partial charge on any atom is 0.320 e. The summed E-state index contributed by atoms with van der Waals surface area (Å²) in [6.45, 7) is -0.108. The summed E-state index contributed by atoms with van der Waals surface area (Å²) < 4.78 is 4.86. The number of hydrogen-bond acceptors (Lipinski definition) is 4. The number of carbonyl (C=O) groups excluding carboxylic acids is 1. The average Bonchev–Trinajstić information content (AvgIpc) is 2.37. The molecule has 1 saturated carbocycles. The monoisotopic (exact) mass is 159 g/mol. The second kappa shape index (κ2) is 3.69. The van der Waals surface area contributed by atoms with Crippen LogP contribution in [0.4, 0.5) is 0 Å². The molecule has 11 heavy (non-hydrogen) atoms. The Morgan fingerprint density at radius 2 is 2.36 bits per heavy atom. The summed E-state index contributed by atoms with van der Waals surface area (Å²) >= 11 is 0. The second-order valence-electron chi connectivity index (χ2n) is 2.73. The highest BCUT2D eigenvalue weighted by molar-refractivity contribution is 5.71. The molecule has 1 aliphatic rings. The molecule has 4 nitrogen and oxygen atoms in total. The van der Waals surface area contributed by atoms with Gasteiger partial charge in [-0.05, 0) is 19.3 Å². The van der Waals surface area contributed by atoms with Crippen LogP contribution in [0, 0.1) is 0 Å². The third kappa shape index (κ3) is 2.17. The molecule has 3 N–H and O–H groups in total. The predicted octanol–water partition coefficient (Wildman–Crippen LogP) is -0.598. The van der Waals surface area contributed by atoms with Gasteiger partial charge in [0, 0.05) is 0 Å². The van der Waals surface area contributed by atoms with Gasteiger partial charge in [0.15, 0.2) is 0 Å². The zero-order valence-corrected chi connectivity index (χ0v) is 6.32. The average molecular weight is 159 g/mol. The van der Waals surface area contributed by atoms with E-state index in [2.05, 4.69) is 0 Å². The van der Waals surface area contributed by atoms with Crippen molar-refractivity contribution in [1.82, 2.24) is 0 Å². The first-order valence-corrected chi connectivity index (χ1v) is 3.81. The summed E-state index contributed by atoms with van der Waals surface area (Å²) in [5.74, 6) is -0.434. The number of esters is 1. The van der Waals surface area contributed by atoms with Gasteiger partial charge in [0.1, 0.15) is 6.10 Å². The molecular weight excluding hydrogens is 146 g/mol. The largest absolute Gasteiger partial charge is 0.459 e. The van der Waals surface area contributed by atoms with Gasteiger partial charge >= 0.3 is 5.97 Å². The molecule has 0 bridgehead atoms. The number of ether oxygens (including phenoxy) is 1. The standard InChI is InChI=1S/C7H13NO3/c8-4-7(10)11-6-3-1-2-5(6)9/h5-6,9H,1-4,8H2/t5-,6-/m0/s1. The van der Waals surface area contributed by atoms with Gasteiger partial charge in [0.2, 0.25) is 0 Å². The molecule has 0 aromatic carbocycles. The minimum absolute atomic E-state index is 0.108. The van der Waals surface area contributed by atoms with Crippen molar-refractivity contribution in [2.75, 3.05) is 6.54 Å². The lowest BCUT2D eigenvalue weighted by atomic mass is 10.3. The van der Waals surface area contributed by atoms with E-state index in [9.17, 15) is 9.90 Å². The number of aliphatic hydroxyl groups is 1. The molecule has 4 heteroatoms. The topological polar surface area (TPSA) is 72.6 Å². The van der Waals surface area contributed by atoms with Crippen molar-refractivity contribution >= 4 is 5.97 Å². The van der Waals surface area contributed by atoms with E-state index >= 15 is 0 Å². The van der Waals surface area contributed by atoms with Crippen molar-refractivity contribution in [3.8, 4) is 0 Å². The molecule has 2 atom stereocenters. The highest BCUT2D eigenvalue weighted by Crippen LogP contribution is 2.21. The Hall–Kier alpha value is -0.610. The highest BCUT2D eigenvalue weighted by Gasteiger charge is 2.27. The van der Waals surface area contributed by atoms with Gasteiger partial charge in [-0.2, -0.15) is 0 Å². The Morgan fingerprint density at radius 1 is 1.64 bits per heavy atom. The van der Waals surface area contributed by atoms with Crippen molar-refractivity contribution in [3.63, 3.8) is 0 Å². The van der Waals surface area contributed by atoms with Gasteiger partial charge in [-0.1, -0.05) is 0 Å². The lowest BCUT2D eigenvalue weighted by molar-refractivity contribution is -0.151. The van der Waals surface area contributed by atoms with Crippen molar-refractivity contribution in [3.05, 3.63) is 0 Å². The first kappa shape index (κ1) is 8.49. The summed E-state index contributed by atoms with van der Waals surface area (Å²) in [6.07, 6.45) is 1.61. The zero-order valence-electron chi connectivity index (χ0n) is 6.32. The summed E-state index contributed by atoms with van der Waals surface area (Å²) in [5.41, 5.74) is 5.04. The minimum atomic E-state index is -0.481. The van der Waals surface area contributed by atoms with Gasteiger partial charge in [-0.3, -0.25) is 4.79 Å². The molecule has 0 radical (unpaired) electrons. The lowest BCUT2D eigenvalue weighted by Gasteiger charge is -2.14. The van der Waals surface area contributed by atoms with E-state index in [1.807, 2.05) is 0 Å². The fourth-order valence-corrected chi connectivity index (χ4v) is 1.26. The number of carbonyl (C=O) groups is 1. The van der Waals surface area contributed by atoms with Crippen LogP contribution in [0.2, 0.25) is 0 Å². The van der Waals surface area contributed by atoms with Gasteiger partial charge < -0.3 is 15.6 Å². The maximum absolute atomic E-state index is 10.7. The summed E-state index contributed by atoms with van der Waals surface area (Å²) in [7, 11) is 0. The summed E-state index contributed by atoms with van der Waals surface area (Å²) in [5, 5.41) is 9.22. The molecule has 64 valence electrons. The quantitative estimate of drug-likeness (QED) is 0.528. The third-order valence-corrected chi connectivity index (χ3v) is 1.87. The van der Waals surface area contributed by atoms with Gasteiger partial charge in [-0.25, -0.2) is 0 Å². The van der Waals surface area contributed by atoms with Crippen LogP contribution in [0.1, 0.15) is 19.3 Å². The van der Waals surface area contributed by atoms with E-state index in [0.29, 0.717) is 0 Å². The van der Waals surface area contributed by atoms with Gasteiger partial charge in [0.25, 0.3) is 0 Å². The van der Waals surface area contributed by atoms with E-state index < -0.39 is 12.1 Å². The van der Waals surface area contributed by atoms with E-state index in [1.54, 1.807) is 0 Å². The number of rotatable bonds is 2. The maximum atomic E-state index is 10.7. The Kier molecular flexibility index (Phi) is 2.84. The molecule has 0 saturated heterocycles. The van der Waals surface area contributed by atoms with Crippen LogP contribution < -0.4 is 5.73 Å². The van der Waals surface area contributed by atoms with Crippen LogP contribution >= 0.6 is 0 Å². The summed E-state index contributed by atoms with van der Waals surface area (Å²) in [4.78, 5) is 10.7. The normalized spacial score (nSPS) is 30.4. The fourth-order valence-electron chi connectivity index (χ4n) is 1.26. The van der Waals surface area contributed by atoms with Crippen LogP contribution in [0.15, 0.2) is 0 Å². The van der Waals surface area contributed by atoms with E-state index in [1.165, 1.54) is 0 Å². The molecule has 0 aromatic rings. The number of hydrogen-bond donors (Lipinski definition) is 2. The van der Waals surface area contributed by atoms with Crippen LogP contribution in [0.5, 0.6) is 0 Å². The number of nitrogens with two attached hydrogens (primary N) is 1. The Balaban J connectivity index is 2.30.